The van der Waals surface area contributed by atoms with Gasteiger partial charge in [-0.05, 0) is 18.8 Å². The van der Waals surface area contributed by atoms with Crippen LogP contribution in [0.4, 0.5) is 0 Å². The van der Waals surface area contributed by atoms with E-state index in [1.165, 1.54) is 7.11 Å². The number of ether oxygens (including phenoxy) is 1. The highest BCUT2D eigenvalue weighted by Gasteiger charge is 2.37. The number of rotatable bonds is 4. The Morgan fingerprint density at radius 3 is 2.56 bits per heavy atom. The normalized spacial score (nSPS) is 18.2. The van der Waals surface area contributed by atoms with Gasteiger partial charge in [-0.3, -0.25) is 4.79 Å². The van der Waals surface area contributed by atoms with Crippen molar-refractivity contribution in [3.63, 3.8) is 0 Å². The van der Waals surface area contributed by atoms with Crippen molar-refractivity contribution in [3.8, 4) is 0 Å². The van der Waals surface area contributed by atoms with E-state index in [4.69, 9.17) is 9.26 Å². The minimum Gasteiger partial charge on any atom is -0.468 e. The maximum atomic E-state index is 11.9. The lowest BCUT2D eigenvalue weighted by Crippen LogP contribution is -2.22. The van der Waals surface area contributed by atoms with Crippen molar-refractivity contribution in [1.29, 1.82) is 0 Å². The summed E-state index contributed by atoms with van der Waals surface area (Å²) < 4.78 is 10.1. The lowest BCUT2D eigenvalue weighted by atomic mass is 9.91. The summed E-state index contributed by atoms with van der Waals surface area (Å²) in [5, 5.41) is 3.93. The van der Waals surface area contributed by atoms with Gasteiger partial charge >= 0.3 is 5.97 Å². The number of methoxy groups -OCH3 is 1. The molecule has 0 bridgehead atoms. The SMILES string of the molecule is COC(=O)C(c1nc(C(C)C)no1)C1CCCC1. The Bertz CT molecular complexity index is 408. The molecule has 18 heavy (non-hydrogen) atoms. The number of esters is 1. The van der Waals surface area contributed by atoms with E-state index in [1.54, 1.807) is 0 Å². The van der Waals surface area contributed by atoms with Gasteiger partial charge in [0, 0.05) is 5.92 Å². The molecule has 1 unspecified atom stereocenters. The molecule has 1 saturated carbocycles. The Kier molecular flexibility index (Phi) is 3.99. The lowest BCUT2D eigenvalue weighted by molar-refractivity contribution is -0.144. The Balaban J connectivity index is 2.24. The first-order chi connectivity index (χ1) is 8.63. The molecule has 0 saturated heterocycles. The van der Waals surface area contributed by atoms with Crippen LogP contribution in [0.15, 0.2) is 4.52 Å². The molecule has 0 radical (unpaired) electrons. The first-order valence-corrected chi connectivity index (χ1v) is 6.54. The van der Waals surface area contributed by atoms with Crippen LogP contribution in [-0.4, -0.2) is 23.2 Å². The lowest BCUT2D eigenvalue weighted by Gasteiger charge is -2.16. The number of carbonyl (C=O) groups excluding carboxylic acids is 1. The van der Waals surface area contributed by atoms with Gasteiger partial charge in [0.15, 0.2) is 5.82 Å². The molecule has 0 N–H and O–H groups in total. The molecular formula is C13H20N2O3. The second kappa shape index (κ2) is 5.50. The Morgan fingerprint density at radius 1 is 1.39 bits per heavy atom. The molecule has 0 aromatic carbocycles. The van der Waals surface area contributed by atoms with Crippen LogP contribution in [0.1, 0.15) is 63.1 Å². The van der Waals surface area contributed by atoms with Crippen LogP contribution in [0.25, 0.3) is 0 Å². The molecule has 1 heterocycles. The van der Waals surface area contributed by atoms with Gasteiger partial charge < -0.3 is 9.26 Å². The molecule has 1 fully saturated rings. The summed E-state index contributed by atoms with van der Waals surface area (Å²) >= 11 is 0. The zero-order chi connectivity index (χ0) is 13.1. The largest absolute Gasteiger partial charge is 0.468 e. The first-order valence-electron chi connectivity index (χ1n) is 6.54. The molecule has 0 spiro atoms. The van der Waals surface area contributed by atoms with E-state index in [-0.39, 0.29) is 17.8 Å². The topological polar surface area (TPSA) is 65.2 Å². The fourth-order valence-corrected chi connectivity index (χ4v) is 2.52. The van der Waals surface area contributed by atoms with Crippen molar-refractivity contribution < 1.29 is 14.1 Å². The number of aromatic nitrogens is 2. The highest BCUT2D eigenvalue weighted by atomic mass is 16.5. The molecule has 1 aliphatic carbocycles. The molecule has 1 aromatic rings. The average molecular weight is 252 g/mol. The molecule has 1 atom stereocenters. The molecule has 0 aliphatic heterocycles. The Hall–Kier alpha value is -1.39. The third-order valence-electron chi connectivity index (χ3n) is 3.57. The predicted octanol–water partition coefficient (Wildman–Crippen LogP) is 2.64. The third kappa shape index (κ3) is 2.54. The smallest absolute Gasteiger partial charge is 0.318 e. The third-order valence-corrected chi connectivity index (χ3v) is 3.57. The van der Waals surface area contributed by atoms with Gasteiger partial charge in [0.05, 0.1) is 7.11 Å². The second-order valence-electron chi connectivity index (χ2n) is 5.19. The second-order valence-corrected chi connectivity index (χ2v) is 5.19. The molecule has 2 rings (SSSR count). The molecule has 5 heteroatoms. The van der Waals surface area contributed by atoms with Crippen LogP contribution in [0, 0.1) is 5.92 Å². The molecule has 5 nitrogen and oxygen atoms in total. The Labute approximate surface area is 107 Å². The van der Waals surface area contributed by atoms with Gasteiger partial charge in [0.25, 0.3) is 0 Å². The average Bonchev–Trinajstić information content (AvgIpc) is 3.00. The van der Waals surface area contributed by atoms with Crippen LogP contribution < -0.4 is 0 Å². The minimum absolute atomic E-state index is 0.198. The number of carbonyl (C=O) groups is 1. The van der Waals surface area contributed by atoms with Crippen molar-refractivity contribution in [2.45, 2.75) is 51.4 Å². The fraction of sp³-hybridized carbons (Fsp3) is 0.769. The first kappa shape index (κ1) is 13.1. The van der Waals surface area contributed by atoms with Crippen LogP contribution >= 0.6 is 0 Å². The van der Waals surface area contributed by atoms with E-state index in [2.05, 4.69) is 10.1 Å². The van der Waals surface area contributed by atoms with E-state index in [0.717, 1.165) is 25.7 Å². The number of hydrogen-bond donors (Lipinski definition) is 0. The number of hydrogen-bond acceptors (Lipinski definition) is 5. The summed E-state index contributed by atoms with van der Waals surface area (Å²) in [6.45, 7) is 3.99. The van der Waals surface area contributed by atoms with Gasteiger partial charge in [-0.2, -0.15) is 4.98 Å². The summed E-state index contributed by atoms with van der Waals surface area (Å²) in [6.07, 6.45) is 4.37. The summed E-state index contributed by atoms with van der Waals surface area (Å²) in [4.78, 5) is 16.3. The highest BCUT2D eigenvalue weighted by Crippen LogP contribution is 2.37. The summed E-state index contributed by atoms with van der Waals surface area (Å²) in [6, 6.07) is 0. The molecule has 1 aliphatic rings. The molecule has 100 valence electrons. The van der Waals surface area contributed by atoms with Gasteiger partial charge in [0.1, 0.15) is 5.92 Å². The molecular weight excluding hydrogens is 232 g/mol. The van der Waals surface area contributed by atoms with Gasteiger partial charge in [-0.25, -0.2) is 0 Å². The maximum Gasteiger partial charge on any atom is 0.318 e. The zero-order valence-electron chi connectivity index (χ0n) is 11.2. The summed E-state index contributed by atoms with van der Waals surface area (Å²) in [7, 11) is 1.41. The van der Waals surface area contributed by atoms with Crippen LogP contribution in [0.5, 0.6) is 0 Å². The van der Waals surface area contributed by atoms with Crippen molar-refractivity contribution in [2.75, 3.05) is 7.11 Å². The molecule has 1 aromatic heterocycles. The van der Waals surface area contributed by atoms with E-state index < -0.39 is 5.92 Å². The predicted molar refractivity (Wildman–Crippen MR) is 65.1 cm³/mol. The zero-order valence-corrected chi connectivity index (χ0v) is 11.2. The van der Waals surface area contributed by atoms with Gasteiger partial charge in [0.2, 0.25) is 5.89 Å². The quantitative estimate of drug-likeness (QED) is 0.771. The minimum atomic E-state index is -0.391. The van der Waals surface area contributed by atoms with E-state index >= 15 is 0 Å². The van der Waals surface area contributed by atoms with E-state index in [0.29, 0.717) is 11.7 Å². The monoisotopic (exact) mass is 252 g/mol. The highest BCUT2D eigenvalue weighted by molar-refractivity contribution is 5.77. The summed E-state index contributed by atoms with van der Waals surface area (Å²) in [5.41, 5.74) is 0. The Morgan fingerprint density at radius 2 is 2.06 bits per heavy atom. The van der Waals surface area contributed by atoms with Crippen LogP contribution in [0.2, 0.25) is 0 Å². The maximum absolute atomic E-state index is 11.9. The van der Waals surface area contributed by atoms with Crippen LogP contribution in [-0.2, 0) is 9.53 Å². The van der Waals surface area contributed by atoms with Crippen molar-refractivity contribution >= 4 is 5.97 Å². The van der Waals surface area contributed by atoms with Crippen LogP contribution in [0.3, 0.4) is 0 Å². The molecule has 0 amide bonds. The fourth-order valence-electron chi connectivity index (χ4n) is 2.52. The van der Waals surface area contributed by atoms with Gasteiger partial charge in [-0.1, -0.05) is 31.8 Å². The van der Waals surface area contributed by atoms with Crippen molar-refractivity contribution in [2.24, 2.45) is 5.92 Å². The van der Waals surface area contributed by atoms with Crippen molar-refractivity contribution in [1.82, 2.24) is 10.1 Å². The standard InChI is InChI=1S/C13H20N2O3/c1-8(2)11-14-12(18-15-11)10(13(16)17-3)9-6-4-5-7-9/h8-10H,4-7H2,1-3H3. The van der Waals surface area contributed by atoms with Gasteiger partial charge in [-0.15, -0.1) is 0 Å². The van der Waals surface area contributed by atoms with E-state index in [9.17, 15) is 4.79 Å². The number of nitrogens with zero attached hydrogens (tertiary/aromatic N) is 2. The van der Waals surface area contributed by atoms with E-state index in [1.807, 2.05) is 13.8 Å². The van der Waals surface area contributed by atoms with Crippen molar-refractivity contribution in [3.05, 3.63) is 11.7 Å². The summed E-state index contributed by atoms with van der Waals surface area (Å²) in [5.74, 6) is 0.884.